The summed E-state index contributed by atoms with van der Waals surface area (Å²) in [7, 11) is -1.64. The molecular formula is C19H22N4O6S. The van der Waals surface area contributed by atoms with Crippen LogP contribution in [0.3, 0.4) is 0 Å². The smallest absolute Gasteiger partial charge is 0.310 e. The van der Waals surface area contributed by atoms with Crippen molar-refractivity contribution in [2.45, 2.75) is 4.90 Å². The number of hydrogen-bond acceptors (Lipinski definition) is 7. The first-order valence-electron chi connectivity index (χ1n) is 9.22. The fourth-order valence-corrected chi connectivity index (χ4v) is 4.38. The van der Waals surface area contributed by atoms with Gasteiger partial charge in [-0.15, -0.1) is 0 Å². The van der Waals surface area contributed by atoms with E-state index in [1.165, 1.54) is 46.8 Å². The van der Waals surface area contributed by atoms with Crippen LogP contribution in [0, 0.1) is 10.1 Å². The summed E-state index contributed by atoms with van der Waals surface area (Å²) in [6.07, 6.45) is 0. The van der Waals surface area contributed by atoms with Crippen molar-refractivity contribution in [2.24, 2.45) is 0 Å². The molecule has 1 N–H and O–H groups in total. The summed E-state index contributed by atoms with van der Waals surface area (Å²) in [4.78, 5) is 24.7. The van der Waals surface area contributed by atoms with Gasteiger partial charge in [0, 0.05) is 37.9 Å². The molecule has 11 heteroatoms. The van der Waals surface area contributed by atoms with E-state index in [1.54, 1.807) is 6.07 Å². The van der Waals surface area contributed by atoms with E-state index in [9.17, 15) is 23.3 Å². The Bertz CT molecular complexity index is 1020. The minimum absolute atomic E-state index is 0.00809. The molecular weight excluding hydrogens is 412 g/mol. The van der Waals surface area contributed by atoms with Gasteiger partial charge in [-0.05, 0) is 37.4 Å². The van der Waals surface area contributed by atoms with Gasteiger partial charge in [0.1, 0.15) is 0 Å². The number of benzene rings is 2. The molecule has 160 valence electrons. The summed E-state index contributed by atoms with van der Waals surface area (Å²) in [6.45, 7) is 1.78. The molecule has 1 aliphatic rings. The monoisotopic (exact) mass is 434 g/mol. The van der Waals surface area contributed by atoms with Crippen LogP contribution < -0.4 is 10.1 Å². The number of sulfonamides is 1. The van der Waals surface area contributed by atoms with Crippen molar-refractivity contribution >= 4 is 27.3 Å². The highest BCUT2D eigenvalue weighted by Gasteiger charge is 2.27. The third-order valence-corrected chi connectivity index (χ3v) is 6.57. The number of amides is 1. The second-order valence-corrected chi connectivity index (χ2v) is 8.73. The second kappa shape index (κ2) is 9.20. The lowest BCUT2D eigenvalue weighted by Crippen LogP contribution is -2.46. The number of para-hydroxylation sites is 2. The molecule has 0 unspecified atom stereocenters. The molecule has 2 aromatic rings. The molecule has 1 fully saturated rings. The Kier molecular flexibility index (Phi) is 6.65. The maximum Gasteiger partial charge on any atom is 0.310 e. The number of ether oxygens (including phenoxy) is 1. The molecule has 0 saturated carbocycles. The molecule has 1 aliphatic heterocycles. The van der Waals surface area contributed by atoms with Crippen LogP contribution in [0.1, 0.15) is 0 Å². The van der Waals surface area contributed by atoms with E-state index >= 15 is 0 Å². The van der Waals surface area contributed by atoms with E-state index in [2.05, 4.69) is 10.2 Å². The molecule has 0 radical (unpaired) electrons. The Labute approximate surface area is 174 Å². The molecule has 2 aromatic carbocycles. The van der Waals surface area contributed by atoms with Crippen LogP contribution in [0.15, 0.2) is 53.4 Å². The lowest BCUT2D eigenvalue weighted by molar-refractivity contribution is -0.385. The van der Waals surface area contributed by atoms with Crippen molar-refractivity contribution < 1.29 is 22.9 Å². The van der Waals surface area contributed by atoms with Crippen molar-refractivity contribution in [1.82, 2.24) is 9.21 Å². The molecule has 3 rings (SSSR count). The van der Waals surface area contributed by atoms with Crippen LogP contribution in [0.25, 0.3) is 0 Å². The SMILES string of the molecule is CN1CCN(S(=O)(=O)c2ccc(NC(=O)COc3ccccc3[N+](=O)[O-])cc2)CC1. The molecule has 0 bridgehead atoms. The lowest BCUT2D eigenvalue weighted by Gasteiger charge is -2.31. The van der Waals surface area contributed by atoms with Crippen LogP contribution in [-0.2, 0) is 14.8 Å². The number of anilines is 1. The molecule has 1 heterocycles. The predicted molar refractivity (Wildman–Crippen MR) is 110 cm³/mol. The van der Waals surface area contributed by atoms with Gasteiger partial charge in [0.15, 0.2) is 12.4 Å². The minimum atomic E-state index is -3.58. The molecule has 10 nitrogen and oxygen atoms in total. The average Bonchev–Trinajstić information content (AvgIpc) is 2.73. The van der Waals surface area contributed by atoms with Crippen LogP contribution >= 0.6 is 0 Å². The molecule has 1 amide bonds. The minimum Gasteiger partial charge on any atom is -0.477 e. The first kappa shape index (κ1) is 21.7. The van der Waals surface area contributed by atoms with Crippen LogP contribution in [0.4, 0.5) is 11.4 Å². The van der Waals surface area contributed by atoms with Gasteiger partial charge in [-0.25, -0.2) is 8.42 Å². The normalized spacial score (nSPS) is 15.5. The van der Waals surface area contributed by atoms with E-state index in [-0.39, 0.29) is 16.3 Å². The number of likely N-dealkylation sites (N-methyl/N-ethyl adjacent to an activating group) is 1. The third-order valence-electron chi connectivity index (χ3n) is 4.66. The van der Waals surface area contributed by atoms with Crippen molar-refractivity contribution in [2.75, 3.05) is 45.2 Å². The third kappa shape index (κ3) is 5.12. The number of piperazine rings is 1. The van der Waals surface area contributed by atoms with Gasteiger partial charge in [0.05, 0.1) is 9.82 Å². The second-order valence-electron chi connectivity index (χ2n) is 6.79. The summed E-state index contributed by atoms with van der Waals surface area (Å²) in [5.41, 5.74) is 0.159. The number of rotatable bonds is 7. The first-order valence-corrected chi connectivity index (χ1v) is 10.7. The van der Waals surface area contributed by atoms with Crippen LogP contribution in [0.5, 0.6) is 5.75 Å². The highest BCUT2D eigenvalue weighted by molar-refractivity contribution is 7.89. The Hall–Kier alpha value is -3.02. The maximum atomic E-state index is 12.7. The fourth-order valence-electron chi connectivity index (χ4n) is 2.96. The highest BCUT2D eigenvalue weighted by Crippen LogP contribution is 2.25. The highest BCUT2D eigenvalue weighted by atomic mass is 32.2. The molecule has 0 aliphatic carbocycles. The zero-order chi connectivity index (χ0) is 21.7. The van der Waals surface area contributed by atoms with Gasteiger partial charge >= 0.3 is 5.69 Å². The largest absolute Gasteiger partial charge is 0.477 e. The van der Waals surface area contributed by atoms with Crippen molar-refractivity contribution in [3.8, 4) is 5.75 Å². The summed E-state index contributed by atoms with van der Waals surface area (Å²) >= 11 is 0. The molecule has 0 atom stereocenters. The van der Waals surface area contributed by atoms with Crippen LogP contribution in [-0.4, -0.2) is 68.3 Å². The molecule has 30 heavy (non-hydrogen) atoms. The lowest BCUT2D eigenvalue weighted by atomic mass is 10.3. The zero-order valence-electron chi connectivity index (χ0n) is 16.4. The van der Waals surface area contributed by atoms with Crippen LogP contribution in [0.2, 0.25) is 0 Å². The van der Waals surface area contributed by atoms with E-state index < -0.39 is 27.5 Å². The zero-order valence-corrected chi connectivity index (χ0v) is 17.2. The van der Waals surface area contributed by atoms with E-state index in [0.29, 0.717) is 31.9 Å². The topological polar surface area (TPSA) is 122 Å². The maximum absolute atomic E-state index is 12.7. The Balaban J connectivity index is 1.59. The average molecular weight is 434 g/mol. The van der Waals surface area contributed by atoms with Gasteiger partial charge in [-0.1, -0.05) is 12.1 Å². The predicted octanol–water partition coefficient (Wildman–Crippen LogP) is 1.55. The van der Waals surface area contributed by atoms with E-state index in [0.717, 1.165) is 0 Å². The van der Waals surface area contributed by atoms with Gasteiger partial charge in [-0.3, -0.25) is 14.9 Å². The van der Waals surface area contributed by atoms with Gasteiger partial charge in [0.2, 0.25) is 10.0 Å². The van der Waals surface area contributed by atoms with Gasteiger partial charge < -0.3 is 15.0 Å². The number of carbonyl (C=O) groups is 1. The first-order chi connectivity index (χ1) is 14.3. The number of nitrogens with one attached hydrogen (secondary N) is 1. The summed E-state index contributed by atoms with van der Waals surface area (Å²) < 4.78 is 32.1. The van der Waals surface area contributed by atoms with Crippen molar-refractivity contribution in [1.29, 1.82) is 0 Å². The number of nitro benzene ring substituents is 1. The molecule has 0 aromatic heterocycles. The number of nitrogens with zero attached hydrogens (tertiary/aromatic N) is 3. The molecule has 1 saturated heterocycles. The van der Waals surface area contributed by atoms with Gasteiger partial charge in [0.25, 0.3) is 5.91 Å². The summed E-state index contributed by atoms with van der Waals surface area (Å²) in [6, 6.07) is 11.6. The number of hydrogen-bond donors (Lipinski definition) is 1. The fraction of sp³-hybridized carbons (Fsp3) is 0.316. The van der Waals surface area contributed by atoms with E-state index in [1.807, 2.05) is 7.05 Å². The van der Waals surface area contributed by atoms with E-state index in [4.69, 9.17) is 4.74 Å². The number of nitro groups is 1. The standard InChI is InChI=1S/C19H22N4O6S/c1-21-10-12-22(13-11-21)30(27,28)16-8-6-15(7-9-16)20-19(24)14-29-18-5-3-2-4-17(18)23(25)26/h2-9H,10-14H2,1H3,(H,20,24). The molecule has 0 spiro atoms. The van der Waals surface area contributed by atoms with Crippen molar-refractivity contribution in [3.63, 3.8) is 0 Å². The Morgan fingerprint density at radius 1 is 1.10 bits per heavy atom. The summed E-state index contributed by atoms with van der Waals surface area (Å²) in [5, 5.41) is 13.5. The number of carbonyl (C=O) groups excluding carboxylic acids is 1. The quantitative estimate of drug-likeness (QED) is 0.518. The van der Waals surface area contributed by atoms with Gasteiger partial charge in [-0.2, -0.15) is 4.31 Å². The summed E-state index contributed by atoms with van der Waals surface area (Å²) in [5.74, 6) is -0.533. The Morgan fingerprint density at radius 2 is 1.73 bits per heavy atom. The Morgan fingerprint density at radius 3 is 2.37 bits per heavy atom. The van der Waals surface area contributed by atoms with Crippen molar-refractivity contribution in [3.05, 3.63) is 58.6 Å².